The Bertz CT molecular complexity index is 338. The lowest BCUT2D eigenvalue weighted by atomic mass is 10.2. The molecule has 0 saturated carbocycles. The Labute approximate surface area is 100 Å². The number of rotatable bonds is 6. The van der Waals surface area contributed by atoms with Crippen molar-refractivity contribution in [2.75, 3.05) is 6.54 Å². The molecule has 0 aliphatic carbocycles. The predicted molar refractivity (Wildman–Crippen MR) is 66.5 cm³/mol. The average Bonchev–Trinajstić information content (AvgIpc) is 2.64. The first-order valence-electron chi connectivity index (χ1n) is 5.53. The highest BCUT2D eigenvalue weighted by Crippen LogP contribution is 2.07. The van der Waals surface area contributed by atoms with Crippen molar-refractivity contribution in [3.63, 3.8) is 0 Å². The minimum atomic E-state index is 0.0441. The van der Waals surface area contributed by atoms with E-state index < -0.39 is 0 Å². The van der Waals surface area contributed by atoms with Gasteiger partial charge in [0.2, 0.25) is 5.91 Å². The number of carbonyl (C=O) groups excluding carboxylic acids is 1. The number of thiazole rings is 1. The van der Waals surface area contributed by atoms with Crippen LogP contribution < -0.4 is 10.6 Å². The molecule has 1 rings (SSSR count). The van der Waals surface area contributed by atoms with Crippen LogP contribution in [0.5, 0.6) is 0 Å². The largest absolute Gasteiger partial charge is 0.353 e. The molecule has 0 bridgehead atoms. The van der Waals surface area contributed by atoms with Gasteiger partial charge in [-0.25, -0.2) is 4.98 Å². The Hall–Kier alpha value is -0.940. The zero-order valence-electron chi connectivity index (χ0n) is 10.0. The highest BCUT2D eigenvalue weighted by molar-refractivity contribution is 7.09. The summed E-state index contributed by atoms with van der Waals surface area (Å²) in [7, 11) is 0. The van der Waals surface area contributed by atoms with Gasteiger partial charge in [-0.1, -0.05) is 6.92 Å². The molecule has 0 aliphatic heterocycles. The molecule has 4 nitrogen and oxygen atoms in total. The molecule has 16 heavy (non-hydrogen) atoms. The van der Waals surface area contributed by atoms with E-state index in [0.717, 1.165) is 17.1 Å². The lowest BCUT2D eigenvalue weighted by Gasteiger charge is -2.11. The summed E-state index contributed by atoms with van der Waals surface area (Å²) in [4.78, 5) is 15.7. The molecule has 1 heterocycles. The summed E-state index contributed by atoms with van der Waals surface area (Å²) in [6.07, 6.45) is 0.956. The molecule has 0 aliphatic rings. The maximum atomic E-state index is 11.4. The van der Waals surface area contributed by atoms with Crippen LogP contribution in [0.15, 0.2) is 5.38 Å². The Balaban J connectivity index is 2.18. The van der Waals surface area contributed by atoms with Crippen molar-refractivity contribution >= 4 is 17.2 Å². The lowest BCUT2D eigenvalue weighted by Crippen LogP contribution is -2.38. The van der Waals surface area contributed by atoms with Gasteiger partial charge in [0.25, 0.3) is 0 Å². The zero-order valence-corrected chi connectivity index (χ0v) is 10.9. The molecule has 90 valence electrons. The van der Waals surface area contributed by atoms with Gasteiger partial charge in [0.1, 0.15) is 5.01 Å². The first-order chi connectivity index (χ1) is 7.61. The Morgan fingerprint density at radius 1 is 1.62 bits per heavy atom. The molecule has 0 saturated heterocycles. The quantitative estimate of drug-likeness (QED) is 0.792. The minimum Gasteiger partial charge on any atom is -0.353 e. The molecule has 5 heteroatoms. The molecule has 0 radical (unpaired) electrons. The van der Waals surface area contributed by atoms with E-state index in [1.165, 1.54) is 0 Å². The summed E-state index contributed by atoms with van der Waals surface area (Å²) in [5.74, 6) is 0.0441. The lowest BCUT2D eigenvalue weighted by molar-refractivity contribution is -0.120. The van der Waals surface area contributed by atoms with Gasteiger partial charge in [0.15, 0.2) is 0 Å². The van der Waals surface area contributed by atoms with Crippen LogP contribution in [0.1, 0.15) is 31.0 Å². The fraction of sp³-hybridized carbons (Fsp3) is 0.636. The van der Waals surface area contributed by atoms with Crippen molar-refractivity contribution in [3.05, 3.63) is 16.1 Å². The number of hydrogen-bond donors (Lipinski definition) is 2. The summed E-state index contributed by atoms with van der Waals surface area (Å²) in [6, 6.07) is 0.247. The van der Waals surface area contributed by atoms with Gasteiger partial charge < -0.3 is 10.6 Å². The number of aryl methyl sites for hydroxylation is 1. The Morgan fingerprint density at radius 2 is 2.38 bits per heavy atom. The Kier molecular flexibility index (Phi) is 5.42. The number of aromatic nitrogens is 1. The van der Waals surface area contributed by atoms with E-state index in [-0.39, 0.29) is 11.9 Å². The molecule has 1 amide bonds. The standard InChI is InChI=1S/C11H19N3OS/c1-4-8(2)13-10(15)5-12-6-11-14-9(3)7-16-11/h7-8,12H,4-6H2,1-3H3,(H,13,15). The normalized spacial score (nSPS) is 12.4. The molecule has 1 atom stereocenters. The molecular formula is C11H19N3OS. The highest BCUT2D eigenvalue weighted by Gasteiger charge is 2.05. The number of hydrogen-bond acceptors (Lipinski definition) is 4. The first-order valence-corrected chi connectivity index (χ1v) is 6.41. The molecule has 2 N–H and O–H groups in total. The van der Waals surface area contributed by atoms with E-state index in [1.807, 2.05) is 19.2 Å². The molecule has 0 fully saturated rings. The van der Waals surface area contributed by atoms with Crippen molar-refractivity contribution < 1.29 is 4.79 Å². The van der Waals surface area contributed by atoms with E-state index in [9.17, 15) is 4.79 Å². The summed E-state index contributed by atoms with van der Waals surface area (Å²) >= 11 is 1.61. The van der Waals surface area contributed by atoms with Crippen LogP contribution in [0.25, 0.3) is 0 Å². The van der Waals surface area contributed by atoms with Gasteiger partial charge in [-0.2, -0.15) is 0 Å². The number of carbonyl (C=O) groups is 1. The molecule has 0 spiro atoms. The molecule has 0 aromatic carbocycles. The molecular weight excluding hydrogens is 222 g/mol. The van der Waals surface area contributed by atoms with Crippen LogP contribution in [-0.4, -0.2) is 23.5 Å². The number of nitrogens with zero attached hydrogens (tertiary/aromatic N) is 1. The van der Waals surface area contributed by atoms with Crippen LogP contribution in [0.2, 0.25) is 0 Å². The summed E-state index contributed by atoms with van der Waals surface area (Å²) in [5.41, 5.74) is 1.03. The zero-order chi connectivity index (χ0) is 12.0. The van der Waals surface area contributed by atoms with Crippen LogP contribution in [0.4, 0.5) is 0 Å². The third-order valence-corrected chi connectivity index (χ3v) is 3.21. The smallest absolute Gasteiger partial charge is 0.234 e. The number of nitrogens with one attached hydrogen (secondary N) is 2. The third-order valence-electron chi connectivity index (χ3n) is 2.25. The molecule has 1 aromatic heterocycles. The number of amides is 1. The van der Waals surface area contributed by atoms with Crippen LogP contribution in [0.3, 0.4) is 0 Å². The van der Waals surface area contributed by atoms with Gasteiger partial charge in [-0.3, -0.25) is 4.79 Å². The van der Waals surface area contributed by atoms with Crippen molar-refractivity contribution in [1.82, 2.24) is 15.6 Å². The van der Waals surface area contributed by atoms with E-state index in [1.54, 1.807) is 11.3 Å². The van der Waals surface area contributed by atoms with Gasteiger partial charge >= 0.3 is 0 Å². The van der Waals surface area contributed by atoms with E-state index >= 15 is 0 Å². The second-order valence-corrected chi connectivity index (χ2v) is 4.81. The summed E-state index contributed by atoms with van der Waals surface area (Å²) < 4.78 is 0. The third kappa shape index (κ3) is 4.72. The average molecular weight is 241 g/mol. The van der Waals surface area contributed by atoms with Gasteiger partial charge in [0.05, 0.1) is 6.54 Å². The van der Waals surface area contributed by atoms with E-state index in [2.05, 4.69) is 22.5 Å². The molecule has 1 aromatic rings. The minimum absolute atomic E-state index is 0.0441. The highest BCUT2D eigenvalue weighted by atomic mass is 32.1. The SMILES string of the molecule is CCC(C)NC(=O)CNCc1nc(C)cs1. The summed E-state index contributed by atoms with van der Waals surface area (Å²) in [5, 5.41) is 9.01. The monoisotopic (exact) mass is 241 g/mol. The van der Waals surface area contributed by atoms with E-state index in [0.29, 0.717) is 13.1 Å². The topological polar surface area (TPSA) is 54.0 Å². The Morgan fingerprint density at radius 3 is 2.94 bits per heavy atom. The van der Waals surface area contributed by atoms with Crippen LogP contribution >= 0.6 is 11.3 Å². The predicted octanol–water partition coefficient (Wildman–Crippen LogP) is 1.46. The second-order valence-electron chi connectivity index (χ2n) is 3.86. The maximum absolute atomic E-state index is 11.4. The fourth-order valence-electron chi connectivity index (χ4n) is 1.19. The van der Waals surface area contributed by atoms with Gasteiger partial charge in [-0.05, 0) is 20.3 Å². The van der Waals surface area contributed by atoms with Gasteiger partial charge in [0, 0.05) is 23.7 Å². The van der Waals surface area contributed by atoms with Crippen molar-refractivity contribution in [2.45, 2.75) is 39.8 Å². The first kappa shape index (κ1) is 13.1. The van der Waals surface area contributed by atoms with Crippen LogP contribution in [-0.2, 0) is 11.3 Å². The van der Waals surface area contributed by atoms with Crippen molar-refractivity contribution in [3.8, 4) is 0 Å². The second kappa shape index (κ2) is 6.60. The molecule has 1 unspecified atom stereocenters. The summed E-state index contributed by atoms with van der Waals surface area (Å²) in [6.45, 7) is 7.03. The van der Waals surface area contributed by atoms with E-state index in [4.69, 9.17) is 0 Å². The maximum Gasteiger partial charge on any atom is 0.234 e. The fourth-order valence-corrected chi connectivity index (χ4v) is 1.94. The van der Waals surface area contributed by atoms with Crippen molar-refractivity contribution in [1.29, 1.82) is 0 Å². The van der Waals surface area contributed by atoms with Gasteiger partial charge in [-0.15, -0.1) is 11.3 Å². The van der Waals surface area contributed by atoms with Crippen LogP contribution in [0, 0.1) is 6.92 Å². The van der Waals surface area contributed by atoms with Crippen molar-refractivity contribution in [2.24, 2.45) is 0 Å².